The van der Waals surface area contributed by atoms with Gasteiger partial charge in [0.2, 0.25) is 0 Å². The summed E-state index contributed by atoms with van der Waals surface area (Å²) in [6.07, 6.45) is 1.55. The Morgan fingerprint density at radius 2 is 2.05 bits per heavy atom. The lowest BCUT2D eigenvalue weighted by Crippen LogP contribution is -2.49. The number of benzene rings is 1. The zero-order valence-corrected chi connectivity index (χ0v) is 13.1. The van der Waals surface area contributed by atoms with Gasteiger partial charge in [-0.15, -0.1) is 0 Å². The zero-order valence-electron chi connectivity index (χ0n) is 11.5. The van der Waals surface area contributed by atoms with Crippen molar-refractivity contribution >= 4 is 27.6 Å². The van der Waals surface area contributed by atoms with Crippen molar-refractivity contribution in [1.82, 2.24) is 0 Å². The number of aliphatic carboxylic acids is 1. The summed E-state index contributed by atoms with van der Waals surface area (Å²) in [5, 5.41) is 13.0. The minimum absolute atomic E-state index is 0.0477. The van der Waals surface area contributed by atoms with Crippen LogP contribution in [0, 0.1) is 11.3 Å². The molecule has 0 saturated heterocycles. The van der Waals surface area contributed by atoms with E-state index in [1.54, 1.807) is 0 Å². The maximum absolute atomic E-state index is 11.9. The standard InChI is InChI=1S/C15H20BrNO2/c1-10-8-14(2,3)9-15(10,13(18)19)17-12-7-5-4-6-11(12)16/h4-7,10,17H,8-9H2,1-3H3,(H,18,19). The number of para-hydroxylation sites is 1. The van der Waals surface area contributed by atoms with Crippen molar-refractivity contribution in [1.29, 1.82) is 0 Å². The van der Waals surface area contributed by atoms with Gasteiger partial charge in [-0.1, -0.05) is 32.9 Å². The lowest BCUT2D eigenvalue weighted by atomic mass is 9.86. The maximum atomic E-state index is 11.9. The Balaban J connectivity index is 2.37. The Morgan fingerprint density at radius 3 is 2.53 bits per heavy atom. The summed E-state index contributed by atoms with van der Waals surface area (Å²) in [4.78, 5) is 11.9. The van der Waals surface area contributed by atoms with Gasteiger partial charge in [0.25, 0.3) is 0 Å². The summed E-state index contributed by atoms with van der Waals surface area (Å²) in [6.45, 7) is 6.29. The number of hydrogen-bond donors (Lipinski definition) is 2. The Morgan fingerprint density at radius 1 is 1.42 bits per heavy atom. The molecule has 2 unspecified atom stereocenters. The van der Waals surface area contributed by atoms with Crippen molar-refractivity contribution in [3.05, 3.63) is 28.7 Å². The third-order valence-corrected chi connectivity index (χ3v) is 4.76. The van der Waals surface area contributed by atoms with Crippen LogP contribution in [0.15, 0.2) is 28.7 Å². The highest BCUT2D eigenvalue weighted by Gasteiger charge is 2.54. The number of anilines is 1. The number of nitrogens with one attached hydrogen (secondary N) is 1. The average Bonchev–Trinajstić information content (AvgIpc) is 2.53. The first-order valence-electron chi connectivity index (χ1n) is 6.53. The van der Waals surface area contributed by atoms with Gasteiger partial charge in [0.15, 0.2) is 0 Å². The number of carbonyl (C=O) groups is 1. The van der Waals surface area contributed by atoms with Crippen molar-refractivity contribution in [2.75, 3.05) is 5.32 Å². The summed E-state index contributed by atoms with van der Waals surface area (Å²) < 4.78 is 0.896. The Bertz CT molecular complexity index is 501. The van der Waals surface area contributed by atoms with Crippen LogP contribution in [0.5, 0.6) is 0 Å². The molecule has 1 fully saturated rings. The van der Waals surface area contributed by atoms with E-state index in [2.05, 4.69) is 35.1 Å². The highest BCUT2D eigenvalue weighted by molar-refractivity contribution is 9.10. The molecule has 2 atom stereocenters. The summed E-state index contributed by atoms with van der Waals surface area (Å²) in [5.74, 6) is -0.673. The molecule has 1 saturated carbocycles. The van der Waals surface area contributed by atoms with Gasteiger partial charge in [-0.2, -0.15) is 0 Å². The lowest BCUT2D eigenvalue weighted by Gasteiger charge is -2.32. The minimum Gasteiger partial charge on any atom is -0.479 e. The molecule has 0 bridgehead atoms. The molecule has 1 aromatic carbocycles. The molecule has 0 radical (unpaired) electrons. The summed E-state index contributed by atoms with van der Waals surface area (Å²) in [6, 6.07) is 7.66. The predicted octanol–water partition coefficient (Wildman–Crippen LogP) is 4.14. The molecule has 4 heteroatoms. The lowest BCUT2D eigenvalue weighted by molar-refractivity contribution is -0.143. The van der Waals surface area contributed by atoms with E-state index in [0.29, 0.717) is 6.42 Å². The monoisotopic (exact) mass is 325 g/mol. The van der Waals surface area contributed by atoms with Gasteiger partial charge in [0.1, 0.15) is 5.54 Å². The predicted molar refractivity (Wildman–Crippen MR) is 80.3 cm³/mol. The zero-order chi connectivity index (χ0) is 14.3. The Kier molecular flexibility index (Phi) is 3.65. The van der Waals surface area contributed by atoms with Gasteiger partial charge in [0.05, 0.1) is 0 Å². The van der Waals surface area contributed by atoms with Crippen LogP contribution in [-0.4, -0.2) is 16.6 Å². The maximum Gasteiger partial charge on any atom is 0.329 e. The van der Waals surface area contributed by atoms with Crippen LogP contribution in [0.1, 0.15) is 33.6 Å². The van der Waals surface area contributed by atoms with Gasteiger partial charge in [-0.25, -0.2) is 4.79 Å². The fourth-order valence-corrected chi connectivity index (χ4v) is 3.70. The number of carboxylic acid groups (broad SMARTS) is 1. The third kappa shape index (κ3) is 2.64. The molecule has 19 heavy (non-hydrogen) atoms. The normalized spacial score (nSPS) is 29.2. The molecule has 1 aromatic rings. The summed E-state index contributed by atoms with van der Waals surface area (Å²) in [7, 11) is 0. The molecule has 0 amide bonds. The van der Waals surface area contributed by atoms with Crippen LogP contribution in [0.2, 0.25) is 0 Å². The van der Waals surface area contributed by atoms with E-state index in [0.717, 1.165) is 16.6 Å². The van der Waals surface area contributed by atoms with E-state index in [1.807, 2.05) is 31.2 Å². The topological polar surface area (TPSA) is 49.3 Å². The highest BCUT2D eigenvalue weighted by Crippen LogP contribution is 2.49. The van der Waals surface area contributed by atoms with Gasteiger partial charge < -0.3 is 10.4 Å². The van der Waals surface area contributed by atoms with Crippen LogP contribution < -0.4 is 5.32 Å². The molecule has 0 heterocycles. The molecule has 3 nitrogen and oxygen atoms in total. The molecule has 1 aliphatic carbocycles. The van der Waals surface area contributed by atoms with E-state index in [-0.39, 0.29) is 11.3 Å². The van der Waals surface area contributed by atoms with Gasteiger partial charge in [-0.05, 0) is 52.2 Å². The molecule has 104 valence electrons. The molecule has 1 aliphatic rings. The Labute approximate surface area is 122 Å². The van der Waals surface area contributed by atoms with Crippen LogP contribution >= 0.6 is 15.9 Å². The number of rotatable bonds is 3. The van der Waals surface area contributed by atoms with Crippen molar-refractivity contribution in [3.63, 3.8) is 0 Å². The molecule has 2 N–H and O–H groups in total. The van der Waals surface area contributed by atoms with Crippen LogP contribution in [0.25, 0.3) is 0 Å². The van der Waals surface area contributed by atoms with Gasteiger partial charge in [-0.3, -0.25) is 0 Å². The van der Waals surface area contributed by atoms with Crippen molar-refractivity contribution in [3.8, 4) is 0 Å². The van der Waals surface area contributed by atoms with Crippen LogP contribution in [0.3, 0.4) is 0 Å². The molecular weight excluding hydrogens is 306 g/mol. The molecular formula is C15H20BrNO2. The SMILES string of the molecule is CC1CC(C)(C)CC1(Nc1ccccc1Br)C(=O)O. The molecule has 0 spiro atoms. The van der Waals surface area contributed by atoms with E-state index >= 15 is 0 Å². The second-order valence-electron chi connectivity index (χ2n) is 6.33. The van der Waals surface area contributed by atoms with Crippen LogP contribution in [0.4, 0.5) is 5.69 Å². The first kappa shape index (κ1) is 14.4. The van der Waals surface area contributed by atoms with Gasteiger partial charge >= 0.3 is 5.97 Å². The molecule has 2 rings (SSSR count). The second kappa shape index (κ2) is 4.82. The largest absolute Gasteiger partial charge is 0.479 e. The first-order chi connectivity index (χ1) is 8.77. The van der Waals surface area contributed by atoms with Crippen molar-refractivity contribution in [2.45, 2.75) is 39.2 Å². The molecule has 0 aromatic heterocycles. The first-order valence-corrected chi connectivity index (χ1v) is 7.32. The fraction of sp³-hybridized carbons (Fsp3) is 0.533. The van der Waals surface area contributed by atoms with Crippen molar-refractivity contribution < 1.29 is 9.90 Å². The quantitative estimate of drug-likeness (QED) is 0.878. The minimum atomic E-state index is -0.882. The summed E-state index contributed by atoms with van der Waals surface area (Å²) in [5.41, 5.74) is 0.00819. The number of halogens is 1. The smallest absolute Gasteiger partial charge is 0.329 e. The van der Waals surface area contributed by atoms with E-state index in [4.69, 9.17) is 0 Å². The average molecular weight is 326 g/mol. The summed E-state index contributed by atoms with van der Waals surface area (Å²) >= 11 is 3.47. The van der Waals surface area contributed by atoms with E-state index in [9.17, 15) is 9.90 Å². The van der Waals surface area contributed by atoms with Crippen molar-refractivity contribution in [2.24, 2.45) is 11.3 Å². The highest BCUT2D eigenvalue weighted by atomic mass is 79.9. The van der Waals surface area contributed by atoms with E-state index in [1.165, 1.54) is 0 Å². The number of carboxylic acids is 1. The molecule has 0 aliphatic heterocycles. The third-order valence-electron chi connectivity index (χ3n) is 4.07. The fourth-order valence-electron chi connectivity index (χ4n) is 3.31. The number of hydrogen-bond acceptors (Lipinski definition) is 2. The Hall–Kier alpha value is -1.03. The second-order valence-corrected chi connectivity index (χ2v) is 7.18. The van der Waals surface area contributed by atoms with Gasteiger partial charge in [0, 0.05) is 10.2 Å². The van der Waals surface area contributed by atoms with Crippen LogP contribution in [-0.2, 0) is 4.79 Å². The van der Waals surface area contributed by atoms with E-state index < -0.39 is 11.5 Å².